The van der Waals surface area contributed by atoms with Gasteiger partial charge in [0.05, 0.1) is 61.0 Å². The van der Waals surface area contributed by atoms with Crippen molar-refractivity contribution in [1.82, 2.24) is 24.9 Å². The molecule has 0 spiro atoms. The van der Waals surface area contributed by atoms with E-state index in [1.54, 1.807) is 31.3 Å². The average Bonchev–Trinajstić information content (AvgIpc) is 1.53. The molecule has 1 amide bonds. The minimum Gasteiger partial charge on any atom is -0.504 e. The summed E-state index contributed by atoms with van der Waals surface area (Å²) >= 11 is 2.46. The zero-order chi connectivity index (χ0) is 70.0. The number of methoxy groups -OCH3 is 2. The molecule has 0 saturated carbocycles. The maximum Gasteiger partial charge on any atom is 0.471 e. The first-order valence-electron chi connectivity index (χ1n) is 31.7. The number of carbonyl (C=O) groups is 5. The smallest absolute Gasteiger partial charge is 0.471 e. The van der Waals surface area contributed by atoms with E-state index in [4.69, 9.17) is 53.1 Å². The van der Waals surface area contributed by atoms with Crippen molar-refractivity contribution in [3.63, 3.8) is 0 Å². The van der Waals surface area contributed by atoms with E-state index < -0.39 is 125 Å². The molecule has 30 heteroatoms. The molecular weight excluding hydrogens is 1330 g/mol. The van der Waals surface area contributed by atoms with Crippen LogP contribution in [0.5, 0.6) is 57.5 Å². The van der Waals surface area contributed by atoms with Crippen LogP contribution in [0.3, 0.4) is 0 Å². The number of cyclic esters (lactones) is 2. The van der Waals surface area contributed by atoms with Gasteiger partial charge in [-0.1, -0.05) is 31.7 Å². The number of carbonyl (C=O) groups excluding carboxylic acids is 5. The Labute approximate surface area is 577 Å². The molecule has 4 saturated heterocycles. The molecule has 8 bridgehead atoms. The van der Waals surface area contributed by atoms with Gasteiger partial charge in [-0.15, -0.1) is 36.7 Å². The lowest BCUT2D eigenvalue weighted by atomic mass is 9.71. The summed E-state index contributed by atoms with van der Waals surface area (Å²) in [5.74, 6) is -2.74. The Morgan fingerprint density at radius 1 is 0.667 bits per heavy atom. The molecule has 4 aromatic carbocycles. The Morgan fingerprint density at radius 2 is 1.08 bits per heavy atom. The number of benzene rings is 4. The summed E-state index contributed by atoms with van der Waals surface area (Å²) in [5.41, 5.74) is 14.1. The minimum absolute atomic E-state index is 0. The van der Waals surface area contributed by atoms with Gasteiger partial charge in [0.25, 0.3) is 0 Å². The Kier molecular flexibility index (Phi) is 19.0. The zero-order valence-corrected chi connectivity index (χ0v) is 56.2. The van der Waals surface area contributed by atoms with Crippen LogP contribution < -0.4 is 48.9 Å². The first kappa shape index (κ1) is 70.3. The lowest BCUT2D eigenvalue weighted by molar-refractivity contribution is -0.176. The van der Waals surface area contributed by atoms with Crippen LogP contribution in [0.4, 0.5) is 13.2 Å². The number of nitrogens with one attached hydrogen (secondary N) is 1. The number of esters is 4. The molecule has 4 unspecified atom stereocenters. The molecule has 4 fully saturated rings. The van der Waals surface area contributed by atoms with Crippen molar-refractivity contribution in [3.05, 3.63) is 104 Å². The summed E-state index contributed by atoms with van der Waals surface area (Å²) < 4.78 is 99.1. The quantitative estimate of drug-likeness (QED) is 0.0712. The van der Waals surface area contributed by atoms with Crippen LogP contribution in [0.1, 0.15) is 123 Å². The lowest BCUT2D eigenvalue weighted by Crippen LogP contribution is -2.70. The summed E-state index contributed by atoms with van der Waals surface area (Å²) in [7, 11) is 2.98. The number of thioether (sulfide) groups is 2. The molecule has 25 nitrogen and oxygen atoms in total. The van der Waals surface area contributed by atoms with E-state index in [9.17, 15) is 57.9 Å². The van der Waals surface area contributed by atoms with Crippen LogP contribution in [0.15, 0.2) is 37.4 Å². The number of alkyl halides is 3. The monoisotopic (exact) mass is 1410 g/mol. The van der Waals surface area contributed by atoms with Gasteiger partial charge in [0, 0.05) is 107 Å². The van der Waals surface area contributed by atoms with Crippen LogP contribution in [0.2, 0.25) is 0 Å². The van der Waals surface area contributed by atoms with Crippen LogP contribution in [-0.4, -0.2) is 180 Å². The number of aryl methyl sites for hydroxylation is 2. The number of ether oxygens (including phenoxy) is 10. The fourth-order valence-corrected chi connectivity index (χ4v) is 19.7. The van der Waals surface area contributed by atoms with Crippen LogP contribution in [0.25, 0.3) is 0 Å². The number of nitrogens with zero attached hydrogens (tertiary/aromatic N) is 6. The highest BCUT2D eigenvalue weighted by molar-refractivity contribution is 7.99. The summed E-state index contributed by atoms with van der Waals surface area (Å²) in [6, 6.07) is 0.0434. The van der Waals surface area contributed by atoms with Crippen molar-refractivity contribution in [2.45, 2.75) is 151 Å². The predicted octanol–water partition coefficient (Wildman–Crippen LogP) is 7.59. The number of hydrogen-bond donors (Lipinski definition) is 4. The number of aromatic hydroxyl groups is 2. The van der Waals surface area contributed by atoms with Crippen molar-refractivity contribution < 1.29 is 94.7 Å². The highest BCUT2D eigenvalue weighted by Crippen LogP contribution is 2.67. The SMILES string of the molecule is C.C=CCN1[C@@H]2c3c(cc(C)c(OC)c3O)C[C@H]1[C@H](C#N)N1C2[C@@H]2SCC(N)C(=O)OC[C@H]1c1c3c(c(C)c(OC(C)=O)c12)OCO3.C=CCN1[C@@H]2c3c(cc(C)c(OC)c3O)C[C@H]1[C@H](C#N)N1C2[C@@H]2SCC(NC(=O)C(F)(F)F)C(=O)OC[C@H]1c1c3c(c(C)c(OC(C)=O)c12)OCO3. The third-order valence-corrected chi connectivity index (χ3v) is 23.1. The fraction of sp³-hybridized carbons (Fsp3) is 0.493. The van der Waals surface area contributed by atoms with Crippen molar-refractivity contribution in [2.75, 3.05) is 65.6 Å². The highest BCUT2D eigenvalue weighted by atomic mass is 32.2. The summed E-state index contributed by atoms with van der Waals surface area (Å²) in [4.78, 5) is 72.3. The van der Waals surface area contributed by atoms with E-state index in [1.165, 1.54) is 39.8 Å². The predicted molar refractivity (Wildman–Crippen MR) is 351 cm³/mol. The van der Waals surface area contributed by atoms with E-state index in [-0.39, 0.29) is 69.0 Å². The Hall–Kier alpha value is -8.62. The van der Waals surface area contributed by atoms with E-state index >= 15 is 0 Å². The van der Waals surface area contributed by atoms with Crippen molar-refractivity contribution in [3.8, 4) is 69.6 Å². The molecule has 526 valence electrons. The normalized spacial score (nSPS) is 28.2. The van der Waals surface area contributed by atoms with E-state index in [2.05, 4.69) is 40.0 Å². The summed E-state index contributed by atoms with van der Waals surface area (Å²) in [5, 5.41) is 46.2. The maximum absolute atomic E-state index is 13.4. The largest absolute Gasteiger partial charge is 0.504 e. The number of nitriles is 2. The number of phenols is 2. The average molecular weight is 1410 g/mol. The third-order valence-electron chi connectivity index (χ3n) is 20.2. The van der Waals surface area contributed by atoms with Gasteiger partial charge in [-0.05, 0) is 62.8 Å². The van der Waals surface area contributed by atoms with Gasteiger partial charge in [-0.25, -0.2) is 4.79 Å². The number of phenolic OH excluding ortho intramolecular Hbond substituents is 2. The number of amides is 1. The summed E-state index contributed by atoms with van der Waals surface area (Å²) in [6.45, 7) is 17.7. The second-order valence-electron chi connectivity index (χ2n) is 25.5. The fourth-order valence-electron chi connectivity index (χ4n) is 16.8. The number of fused-ring (bicyclic) bond motifs is 18. The van der Waals surface area contributed by atoms with Gasteiger partial charge in [-0.3, -0.25) is 38.8 Å². The van der Waals surface area contributed by atoms with Crippen molar-refractivity contribution >= 4 is 53.3 Å². The second-order valence-corrected chi connectivity index (χ2v) is 27.9. The number of halogens is 3. The number of hydrogen-bond acceptors (Lipinski definition) is 26. The van der Waals surface area contributed by atoms with Gasteiger partial charge in [0.2, 0.25) is 13.6 Å². The Morgan fingerprint density at radius 3 is 1.47 bits per heavy atom. The third kappa shape index (κ3) is 11.2. The first-order chi connectivity index (χ1) is 46.8. The molecular formula is C69H75F3N8O17S2. The molecule has 10 heterocycles. The molecule has 0 radical (unpaired) electrons. The van der Waals surface area contributed by atoms with Gasteiger partial charge >= 0.3 is 36.0 Å². The molecule has 0 aromatic heterocycles. The van der Waals surface area contributed by atoms with Crippen molar-refractivity contribution in [2.24, 2.45) is 5.73 Å². The zero-order valence-electron chi connectivity index (χ0n) is 54.6. The molecule has 4 aromatic rings. The van der Waals surface area contributed by atoms with E-state index in [0.29, 0.717) is 104 Å². The topological polar surface area (TPSA) is 317 Å². The minimum atomic E-state index is -5.27. The van der Waals surface area contributed by atoms with Gasteiger partial charge in [0.1, 0.15) is 48.9 Å². The first-order valence-corrected chi connectivity index (χ1v) is 33.8. The number of rotatable bonds is 9. The summed E-state index contributed by atoms with van der Waals surface area (Å²) in [6.07, 6.45) is -0.932. The van der Waals surface area contributed by atoms with E-state index in [0.717, 1.165) is 28.5 Å². The van der Waals surface area contributed by atoms with Crippen LogP contribution in [0, 0.1) is 50.4 Å². The number of piperazine rings is 2. The van der Waals surface area contributed by atoms with Gasteiger partial charge < -0.3 is 68.6 Å². The lowest BCUT2D eigenvalue weighted by Gasteiger charge is -2.62. The highest BCUT2D eigenvalue weighted by Gasteiger charge is 2.64. The molecule has 10 aliphatic rings. The van der Waals surface area contributed by atoms with E-state index in [1.807, 2.05) is 30.9 Å². The van der Waals surface area contributed by atoms with Crippen LogP contribution >= 0.6 is 23.5 Å². The molecule has 14 rings (SSSR count). The van der Waals surface area contributed by atoms with Gasteiger partial charge in [-0.2, -0.15) is 23.7 Å². The second kappa shape index (κ2) is 26.8. The Bertz CT molecular complexity index is 4160. The molecule has 14 atom stereocenters. The van der Waals surface area contributed by atoms with Crippen molar-refractivity contribution in [1.29, 1.82) is 10.5 Å². The maximum atomic E-state index is 13.4. The molecule has 5 N–H and O–H groups in total. The molecule has 0 aliphatic carbocycles. The van der Waals surface area contributed by atoms with Gasteiger partial charge in [0.15, 0.2) is 46.0 Å². The number of nitrogens with two attached hydrogens (primary N) is 1. The Balaban J connectivity index is 0.000000187. The molecule has 10 aliphatic heterocycles. The molecule has 99 heavy (non-hydrogen) atoms. The standard InChI is InChI=1S/C35H35F3N4O9S.C33H36N4O8S.CH4/c1-6-7-41-19-9-17-8-14(2)28(47-5)27(44)22(17)25(41)26-32-24-23(31-30(49-13-50-31)15(3)29(24)51-16(4)43)21(42(26)20(19)10-39)11-48-33(45)18(12-52-32)40-34(46)35(36,37)38;1-6-7-36-19-9-17-8-14(2)28(41-5)27(39)22(17)25(36)26-32-24-23(31-30(43-13-44-31)15(3)29(24)45-16(4)38)21(37(26)20(19)10-34)11-42-33(40)18(35)12-46-32;/h6,8,18-21,25-26,32,44H,1,7,9,11-13H2,2-5H3,(H,40,46);6,8,18-21,25-26,32,39H,1,7,9,11-13,35H2,2-5H3;1H4/t2*18?,19-,20-,21-,25+,26?,32+;/m00./s1. The van der Waals surface area contributed by atoms with Crippen LogP contribution in [-0.2, 0) is 46.3 Å².